The first-order valence-corrected chi connectivity index (χ1v) is 9.89. The molecule has 1 amide bonds. The number of hydrogen-bond donors (Lipinski definition) is 1. The van der Waals surface area contributed by atoms with E-state index in [1.165, 1.54) is 11.8 Å². The molecule has 1 aromatic heterocycles. The number of benzene rings is 1. The minimum atomic E-state index is -0.496. The number of nitriles is 1. The number of amides is 1. The molecule has 0 radical (unpaired) electrons. The summed E-state index contributed by atoms with van der Waals surface area (Å²) < 4.78 is 0. The average Bonchev–Trinajstić information content (AvgIpc) is 3.15. The lowest BCUT2D eigenvalue weighted by Gasteiger charge is -2.29. The summed E-state index contributed by atoms with van der Waals surface area (Å²) in [5, 5.41) is 15.3. The second-order valence-electron chi connectivity index (χ2n) is 5.61. The molecule has 0 saturated heterocycles. The van der Waals surface area contributed by atoms with Gasteiger partial charge in [-0.25, -0.2) is 4.99 Å². The van der Waals surface area contributed by atoms with Crippen molar-refractivity contribution in [2.24, 2.45) is 10.9 Å². The summed E-state index contributed by atoms with van der Waals surface area (Å²) in [7, 11) is 0. The van der Waals surface area contributed by atoms with Crippen molar-refractivity contribution in [2.75, 3.05) is 11.6 Å². The first kappa shape index (κ1) is 17.5. The van der Waals surface area contributed by atoms with Crippen LogP contribution in [0.2, 0.25) is 0 Å². The van der Waals surface area contributed by atoms with Gasteiger partial charge in [-0.05, 0) is 36.8 Å². The van der Waals surface area contributed by atoms with Crippen LogP contribution < -0.4 is 5.32 Å². The second kappa shape index (κ2) is 7.68. The number of anilines is 1. The van der Waals surface area contributed by atoms with Crippen molar-refractivity contribution in [1.82, 2.24) is 0 Å². The van der Waals surface area contributed by atoms with Crippen molar-refractivity contribution in [3.63, 3.8) is 0 Å². The summed E-state index contributed by atoms with van der Waals surface area (Å²) in [6.45, 7) is 1.86. The minimum Gasteiger partial charge on any atom is -0.325 e. The van der Waals surface area contributed by atoms with Crippen LogP contribution in [0.4, 0.5) is 5.69 Å². The third-order valence-electron chi connectivity index (χ3n) is 4.09. The number of hydrogen-bond acceptors (Lipinski definition) is 5. The zero-order chi connectivity index (χ0) is 17.8. The quantitative estimate of drug-likeness (QED) is 0.855. The SMILES string of the molecule is CSC1=C(C#N)[C@H](c2cccs2)C(C(=O)Nc2ccccc2)C(C)=N1. The molecule has 0 bridgehead atoms. The van der Waals surface area contributed by atoms with Gasteiger partial charge >= 0.3 is 0 Å². The van der Waals surface area contributed by atoms with Gasteiger partial charge in [0.2, 0.25) is 5.91 Å². The van der Waals surface area contributed by atoms with Gasteiger partial charge in [-0.1, -0.05) is 24.3 Å². The fourth-order valence-corrected chi connectivity index (χ4v) is 4.46. The highest BCUT2D eigenvalue weighted by Crippen LogP contribution is 2.43. The Labute approximate surface area is 155 Å². The Morgan fingerprint density at radius 3 is 2.64 bits per heavy atom. The van der Waals surface area contributed by atoms with Crippen molar-refractivity contribution in [3.8, 4) is 6.07 Å². The Bertz CT molecular complexity index is 864. The summed E-state index contributed by atoms with van der Waals surface area (Å²) >= 11 is 3.00. The van der Waals surface area contributed by atoms with Crippen molar-refractivity contribution in [2.45, 2.75) is 12.8 Å². The first-order valence-electron chi connectivity index (χ1n) is 7.78. The van der Waals surface area contributed by atoms with E-state index in [0.29, 0.717) is 10.6 Å². The smallest absolute Gasteiger partial charge is 0.234 e. The fourth-order valence-electron chi connectivity index (χ4n) is 2.96. The summed E-state index contributed by atoms with van der Waals surface area (Å²) in [6, 6.07) is 15.6. The lowest BCUT2D eigenvalue weighted by Crippen LogP contribution is -2.36. The molecule has 6 heteroatoms. The summed E-state index contributed by atoms with van der Waals surface area (Å²) in [4.78, 5) is 18.6. The topological polar surface area (TPSA) is 65.2 Å². The number of thiophene rings is 1. The number of aliphatic imine (C=N–C) groups is 1. The van der Waals surface area contributed by atoms with Crippen LogP contribution in [0.15, 0.2) is 63.4 Å². The van der Waals surface area contributed by atoms with Crippen LogP contribution in [0.25, 0.3) is 0 Å². The van der Waals surface area contributed by atoms with Crippen LogP contribution in [0.5, 0.6) is 0 Å². The van der Waals surface area contributed by atoms with E-state index in [9.17, 15) is 10.1 Å². The molecule has 1 aromatic carbocycles. The number of carbonyl (C=O) groups excluding carboxylic acids is 1. The third kappa shape index (κ3) is 3.53. The van der Waals surface area contributed by atoms with Gasteiger partial charge in [-0.15, -0.1) is 23.1 Å². The van der Waals surface area contributed by atoms with E-state index >= 15 is 0 Å². The van der Waals surface area contributed by atoms with E-state index in [4.69, 9.17) is 0 Å². The number of carbonyl (C=O) groups is 1. The molecule has 0 fully saturated rings. The molecule has 4 nitrogen and oxygen atoms in total. The van der Waals surface area contributed by atoms with Gasteiger partial charge in [0, 0.05) is 22.2 Å². The average molecular weight is 367 g/mol. The molecule has 0 spiro atoms. The Kier molecular flexibility index (Phi) is 5.37. The zero-order valence-corrected chi connectivity index (χ0v) is 15.5. The first-order chi connectivity index (χ1) is 12.2. The summed E-state index contributed by atoms with van der Waals surface area (Å²) in [5.41, 5.74) is 2.03. The van der Waals surface area contributed by atoms with E-state index in [-0.39, 0.29) is 11.8 Å². The van der Waals surface area contributed by atoms with E-state index in [0.717, 1.165) is 16.3 Å². The fraction of sp³-hybridized carbons (Fsp3) is 0.211. The number of nitrogens with zero attached hydrogens (tertiary/aromatic N) is 2. The zero-order valence-electron chi connectivity index (χ0n) is 13.9. The molecule has 2 atom stereocenters. The summed E-state index contributed by atoms with van der Waals surface area (Å²) in [5.74, 6) is -0.933. The van der Waals surface area contributed by atoms with Gasteiger partial charge < -0.3 is 5.32 Å². The van der Waals surface area contributed by atoms with Gasteiger partial charge in [-0.2, -0.15) is 5.26 Å². The van der Waals surface area contributed by atoms with E-state index in [1.54, 1.807) is 11.3 Å². The molecule has 2 heterocycles. The van der Waals surface area contributed by atoms with Crippen molar-refractivity contribution in [1.29, 1.82) is 5.26 Å². The number of thioether (sulfide) groups is 1. The maximum Gasteiger partial charge on any atom is 0.234 e. The van der Waals surface area contributed by atoms with Crippen LogP contribution in [-0.2, 0) is 4.79 Å². The summed E-state index contributed by atoms with van der Waals surface area (Å²) in [6.07, 6.45) is 1.90. The van der Waals surface area contributed by atoms with E-state index < -0.39 is 5.92 Å². The Morgan fingerprint density at radius 1 is 1.28 bits per heavy atom. The molecule has 0 saturated carbocycles. The molecule has 25 heavy (non-hydrogen) atoms. The van der Waals surface area contributed by atoms with E-state index in [1.807, 2.05) is 61.0 Å². The van der Waals surface area contributed by atoms with Gasteiger partial charge in [0.15, 0.2) is 0 Å². The van der Waals surface area contributed by atoms with Crippen LogP contribution in [0.1, 0.15) is 17.7 Å². The second-order valence-corrected chi connectivity index (χ2v) is 7.39. The van der Waals surface area contributed by atoms with Crippen molar-refractivity contribution >= 4 is 40.4 Å². The molecule has 1 unspecified atom stereocenters. The largest absolute Gasteiger partial charge is 0.325 e. The molecular weight excluding hydrogens is 350 g/mol. The monoisotopic (exact) mass is 367 g/mol. The lowest BCUT2D eigenvalue weighted by molar-refractivity contribution is -0.118. The third-order valence-corrected chi connectivity index (χ3v) is 5.74. The molecule has 2 aromatic rings. The highest BCUT2D eigenvalue weighted by molar-refractivity contribution is 8.02. The van der Waals surface area contributed by atoms with Crippen LogP contribution >= 0.6 is 23.1 Å². The normalized spacial score (nSPS) is 20.0. The predicted octanol–water partition coefficient (Wildman–Crippen LogP) is 4.66. The maximum atomic E-state index is 13.0. The molecule has 1 N–H and O–H groups in total. The van der Waals surface area contributed by atoms with Crippen LogP contribution in [-0.4, -0.2) is 17.9 Å². The predicted molar refractivity (Wildman–Crippen MR) is 105 cm³/mol. The highest BCUT2D eigenvalue weighted by Gasteiger charge is 2.39. The molecule has 3 rings (SSSR count). The molecule has 1 aliphatic rings. The molecule has 126 valence electrons. The van der Waals surface area contributed by atoms with Gasteiger partial charge in [0.05, 0.1) is 17.6 Å². The van der Waals surface area contributed by atoms with Gasteiger partial charge in [0.25, 0.3) is 0 Å². The number of para-hydroxylation sites is 1. The standard InChI is InChI=1S/C19H17N3OS2/c1-12-16(18(23)22-13-7-4-3-5-8-13)17(15-9-6-10-25-15)14(11-20)19(21-12)24-2/h3-10,16-17H,1-2H3,(H,22,23)/t16?,17-/m1/s1. The Hall–Kier alpha value is -2.36. The van der Waals surface area contributed by atoms with Crippen molar-refractivity contribution in [3.05, 3.63) is 63.3 Å². The van der Waals surface area contributed by atoms with Crippen LogP contribution in [0, 0.1) is 17.2 Å². The number of nitrogens with one attached hydrogen (secondary N) is 1. The van der Waals surface area contributed by atoms with Gasteiger partial charge in [0.1, 0.15) is 5.03 Å². The van der Waals surface area contributed by atoms with Gasteiger partial charge in [-0.3, -0.25) is 4.79 Å². The lowest BCUT2D eigenvalue weighted by atomic mass is 9.80. The Morgan fingerprint density at radius 2 is 2.04 bits per heavy atom. The van der Waals surface area contributed by atoms with Crippen LogP contribution in [0.3, 0.4) is 0 Å². The molecule has 0 aliphatic carbocycles. The number of allylic oxidation sites excluding steroid dienone is 1. The molecular formula is C19H17N3OS2. The highest BCUT2D eigenvalue weighted by atomic mass is 32.2. The van der Waals surface area contributed by atoms with E-state index in [2.05, 4.69) is 16.4 Å². The maximum absolute atomic E-state index is 13.0. The van der Waals surface area contributed by atoms with Crippen molar-refractivity contribution < 1.29 is 4.79 Å². The number of rotatable bonds is 4. The molecule has 1 aliphatic heterocycles. The Balaban J connectivity index is 2.02. The minimum absolute atomic E-state index is 0.140.